The summed E-state index contributed by atoms with van der Waals surface area (Å²) >= 11 is 0. The van der Waals surface area contributed by atoms with Gasteiger partial charge < -0.3 is 0 Å². The van der Waals surface area contributed by atoms with Crippen molar-refractivity contribution in [3.63, 3.8) is 0 Å². The molecule has 14 heavy (non-hydrogen) atoms. The molecule has 1 atom stereocenters. The van der Waals surface area contributed by atoms with Crippen molar-refractivity contribution in [3.8, 4) is 0 Å². The van der Waals surface area contributed by atoms with Gasteiger partial charge in [-0.15, -0.1) is 0 Å². The maximum absolute atomic E-state index is 12.0. The Balaban J connectivity index is 2.83. The van der Waals surface area contributed by atoms with E-state index in [-0.39, 0.29) is 11.8 Å². The molecule has 80 valence electrons. The summed E-state index contributed by atoms with van der Waals surface area (Å²) in [6.45, 7) is 10.6. The zero-order valence-electron chi connectivity index (χ0n) is 10.1. The minimum atomic E-state index is 0.164. The van der Waals surface area contributed by atoms with Gasteiger partial charge >= 0.3 is 0 Å². The van der Waals surface area contributed by atoms with E-state index >= 15 is 0 Å². The molecule has 0 fully saturated rings. The Morgan fingerprint density at radius 2 is 2.07 bits per heavy atom. The van der Waals surface area contributed by atoms with E-state index in [1.807, 2.05) is 13.8 Å². The minimum absolute atomic E-state index is 0.164. The van der Waals surface area contributed by atoms with E-state index in [2.05, 4.69) is 26.8 Å². The monoisotopic (exact) mass is 194 g/mol. The Bertz CT molecular complexity index is 258. The molecule has 1 heteroatoms. The number of hydrogen-bond donors (Lipinski definition) is 0. The van der Waals surface area contributed by atoms with Crippen LogP contribution in [-0.4, -0.2) is 5.78 Å². The lowest BCUT2D eigenvalue weighted by Gasteiger charge is -2.34. The Morgan fingerprint density at radius 3 is 2.57 bits per heavy atom. The van der Waals surface area contributed by atoms with Gasteiger partial charge in [0.2, 0.25) is 0 Å². The van der Waals surface area contributed by atoms with E-state index < -0.39 is 0 Å². The van der Waals surface area contributed by atoms with Crippen LogP contribution in [-0.2, 0) is 4.79 Å². The van der Waals surface area contributed by atoms with Crippen molar-refractivity contribution < 1.29 is 4.79 Å². The highest BCUT2D eigenvalue weighted by molar-refractivity contribution is 5.85. The fraction of sp³-hybridized carbons (Fsp3) is 0.769. The van der Waals surface area contributed by atoms with Crippen molar-refractivity contribution in [1.29, 1.82) is 0 Å². The van der Waals surface area contributed by atoms with Gasteiger partial charge in [-0.2, -0.15) is 0 Å². The van der Waals surface area contributed by atoms with Crippen LogP contribution in [0.3, 0.4) is 0 Å². The van der Waals surface area contributed by atoms with Crippen molar-refractivity contribution >= 4 is 5.78 Å². The third kappa shape index (κ3) is 2.46. The Labute approximate surface area is 87.6 Å². The molecule has 0 saturated heterocycles. The van der Waals surface area contributed by atoms with Crippen LogP contribution in [0.1, 0.15) is 47.5 Å². The van der Waals surface area contributed by atoms with E-state index in [9.17, 15) is 4.79 Å². The second kappa shape index (κ2) is 3.88. The summed E-state index contributed by atoms with van der Waals surface area (Å²) in [5.74, 6) is 0.752. The van der Waals surface area contributed by atoms with Crippen molar-refractivity contribution in [3.05, 3.63) is 11.6 Å². The van der Waals surface area contributed by atoms with Crippen LogP contribution in [0.2, 0.25) is 0 Å². The van der Waals surface area contributed by atoms with Crippen molar-refractivity contribution in [2.24, 2.45) is 17.3 Å². The molecule has 0 bridgehead atoms. The van der Waals surface area contributed by atoms with Crippen LogP contribution in [0.25, 0.3) is 0 Å². The molecular formula is C13H22O. The highest BCUT2D eigenvalue weighted by Crippen LogP contribution is 2.39. The van der Waals surface area contributed by atoms with Gasteiger partial charge in [0, 0.05) is 11.8 Å². The summed E-state index contributed by atoms with van der Waals surface area (Å²) < 4.78 is 0. The van der Waals surface area contributed by atoms with Crippen LogP contribution in [0.15, 0.2) is 11.6 Å². The molecule has 0 heterocycles. The first-order chi connectivity index (χ1) is 6.33. The molecule has 1 nitrogen and oxygen atoms in total. The molecule has 0 aliphatic heterocycles. The van der Waals surface area contributed by atoms with Gasteiger partial charge in [-0.25, -0.2) is 0 Å². The number of carbonyl (C=O) groups is 1. The summed E-state index contributed by atoms with van der Waals surface area (Å²) in [5, 5.41) is 0. The first-order valence-electron chi connectivity index (χ1n) is 5.54. The maximum atomic E-state index is 12.0. The number of allylic oxidation sites excluding steroid dienone is 2. The van der Waals surface area contributed by atoms with Gasteiger partial charge in [-0.3, -0.25) is 4.79 Å². The molecule has 1 aliphatic carbocycles. The van der Waals surface area contributed by atoms with Crippen LogP contribution in [0, 0.1) is 17.3 Å². The molecular weight excluding hydrogens is 172 g/mol. The second-order valence-corrected chi connectivity index (χ2v) is 5.63. The summed E-state index contributed by atoms with van der Waals surface area (Å²) in [6, 6.07) is 0. The average Bonchev–Trinajstić information content (AvgIpc) is 2.08. The fourth-order valence-electron chi connectivity index (χ4n) is 2.10. The van der Waals surface area contributed by atoms with E-state index in [1.165, 1.54) is 5.57 Å². The number of carbonyl (C=O) groups excluding carboxylic acids is 1. The zero-order chi connectivity index (χ0) is 10.9. The summed E-state index contributed by atoms with van der Waals surface area (Å²) in [7, 11) is 0. The molecule has 1 aliphatic rings. The number of Topliss-reactive ketones (excluding diaryl/α,β-unsaturated/α-hetero) is 1. The smallest absolute Gasteiger partial charge is 0.142 e. The van der Waals surface area contributed by atoms with Crippen molar-refractivity contribution in [1.82, 2.24) is 0 Å². The third-order valence-electron chi connectivity index (χ3n) is 3.20. The molecule has 0 aromatic carbocycles. The maximum Gasteiger partial charge on any atom is 0.142 e. The average molecular weight is 194 g/mol. The molecule has 0 radical (unpaired) electrons. The Hall–Kier alpha value is -0.590. The molecule has 0 aromatic rings. The van der Waals surface area contributed by atoms with Crippen LogP contribution >= 0.6 is 0 Å². The molecule has 1 unspecified atom stereocenters. The van der Waals surface area contributed by atoms with Gasteiger partial charge in [0.05, 0.1) is 0 Å². The Kier molecular flexibility index (Phi) is 3.18. The van der Waals surface area contributed by atoms with Crippen LogP contribution in [0.4, 0.5) is 0 Å². The fourth-order valence-corrected chi connectivity index (χ4v) is 2.10. The molecule has 0 aromatic heterocycles. The van der Waals surface area contributed by atoms with E-state index in [4.69, 9.17) is 0 Å². The topological polar surface area (TPSA) is 17.1 Å². The summed E-state index contributed by atoms with van der Waals surface area (Å²) in [6.07, 6.45) is 4.38. The van der Waals surface area contributed by atoms with Gasteiger partial charge in [0.25, 0.3) is 0 Å². The predicted octanol–water partition coefficient (Wildman–Crippen LogP) is 3.59. The standard InChI is InChI=1S/C13H22O/c1-9(2)12(14)11-8-13(4,5)7-6-10(11)3/h6,9,11H,7-8H2,1-5H3. The number of hydrogen-bond acceptors (Lipinski definition) is 1. The second-order valence-electron chi connectivity index (χ2n) is 5.63. The lowest BCUT2D eigenvalue weighted by atomic mass is 9.70. The third-order valence-corrected chi connectivity index (χ3v) is 3.20. The molecule has 0 saturated carbocycles. The van der Waals surface area contributed by atoms with E-state index in [0.29, 0.717) is 11.2 Å². The predicted molar refractivity (Wildman–Crippen MR) is 60.1 cm³/mol. The largest absolute Gasteiger partial charge is 0.299 e. The summed E-state index contributed by atoms with van der Waals surface area (Å²) in [5.41, 5.74) is 1.58. The SMILES string of the molecule is CC1=CCC(C)(C)CC1C(=O)C(C)C. The number of ketones is 1. The minimum Gasteiger partial charge on any atom is -0.299 e. The lowest BCUT2D eigenvalue weighted by molar-refractivity contribution is -0.125. The van der Waals surface area contributed by atoms with Crippen LogP contribution < -0.4 is 0 Å². The zero-order valence-corrected chi connectivity index (χ0v) is 10.1. The Morgan fingerprint density at radius 1 is 1.50 bits per heavy atom. The van der Waals surface area contributed by atoms with Crippen molar-refractivity contribution in [2.45, 2.75) is 47.5 Å². The highest BCUT2D eigenvalue weighted by atomic mass is 16.1. The quantitative estimate of drug-likeness (QED) is 0.614. The van der Waals surface area contributed by atoms with E-state index in [0.717, 1.165) is 12.8 Å². The normalized spacial score (nSPS) is 26.1. The molecule has 1 rings (SSSR count). The summed E-state index contributed by atoms with van der Waals surface area (Å²) in [4.78, 5) is 12.0. The molecule has 0 amide bonds. The lowest BCUT2D eigenvalue weighted by Crippen LogP contribution is -2.29. The van der Waals surface area contributed by atoms with Gasteiger partial charge in [-0.05, 0) is 25.2 Å². The van der Waals surface area contributed by atoms with Crippen LogP contribution in [0.5, 0.6) is 0 Å². The van der Waals surface area contributed by atoms with E-state index in [1.54, 1.807) is 0 Å². The number of rotatable bonds is 2. The van der Waals surface area contributed by atoms with Crippen molar-refractivity contribution in [2.75, 3.05) is 0 Å². The van der Waals surface area contributed by atoms with Gasteiger partial charge in [-0.1, -0.05) is 39.3 Å². The van der Waals surface area contributed by atoms with Gasteiger partial charge in [0.1, 0.15) is 5.78 Å². The highest BCUT2D eigenvalue weighted by Gasteiger charge is 2.32. The molecule has 0 spiro atoms. The first-order valence-corrected chi connectivity index (χ1v) is 5.54. The van der Waals surface area contributed by atoms with Gasteiger partial charge in [0.15, 0.2) is 0 Å². The first kappa shape index (κ1) is 11.5. The molecule has 0 N–H and O–H groups in total.